The van der Waals surface area contributed by atoms with Crippen LogP contribution in [0.4, 0.5) is 8.78 Å². The van der Waals surface area contributed by atoms with Gasteiger partial charge in [0.15, 0.2) is 0 Å². The van der Waals surface area contributed by atoms with Crippen molar-refractivity contribution in [1.82, 2.24) is 0 Å². The Morgan fingerprint density at radius 2 is 1.58 bits per heavy atom. The van der Waals surface area contributed by atoms with Gasteiger partial charge < -0.3 is 0 Å². The molecule has 26 heavy (non-hydrogen) atoms. The zero-order chi connectivity index (χ0) is 18.5. The minimum atomic E-state index is -0.428. The van der Waals surface area contributed by atoms with E-state index in [0.29, 0.717) is 10.9 Å². The summed E-state index contributed by atoms with van der Waals surface area (Å²) in [4.78, 5) is 0. The van der Waals surface area contributed by atoms with Crippen LogP contribution in [-0.2, 0) is 6.42 Å². The van der Waals surface area contributed by atoms with Gasteiger partial charge in [-0.05, 0) is 72.9 Å². The maximum absolute atomic E-state index is 14.6. The smallest absolute Gasteiger partial charge is 0.129 e. The number of hydrogen-bond donors (Lipinski definition) is 0. The van der Waals surface area contributed by atoms with Crippen LogP contribution in [0.1, 0.15) is 74.5 Å². The van der Waals surface area contributed by atoms with Gasteiger partial charge in [-0.2, -0.15) is 0 Å². The summed E-state index contributed by atoms with van der Waals surface area (Å²) in [5, 5.41) is 0.625. The third-order valence-corrected chi connectivity index (χ3v) is 5.99. The normalized spacial score (nSPS) is 20.3. The summed E-state index contributed by atoms with van der Waals surface area (Å²) in [6.45, 7) is 2.22. The molecule has 3 rings (SSSR count). The van der Waals surface area contributed by atoms with Crippen LogP contribution in [0, 0.1) is 17.6 Å². The summed E-state index contributed by atoms with van der Waals surface area (Å²) in [7, 11) is 0. The number of halogens is 3. The second kappa shape index (κ2) is 8.99. The summed E-state index contributed by atoms with van der Waals surface area (Å²) in [5.74, 6) is 0.234. The minimum Gasteiger partial charge on any atom is -0.207 e. The first kappa shape index (κ1) is 19.4. The second-order valence-electron chi connectivity index (χ2n) is 7.63. The van der Waals surface area contributed by atoms with Crippen LogP contribution in [0.2, 0.25) is 5.02 Å². The fourth-order valence-electron chi connectivity index (χ4n) is 4.11. The summed E-state index contributed by atoms with van der Waals surface area (Å²) in [5.41, 5.74) is 1.83. The average molecular weight is 377 g/mol. The van der Waals surface area contributed by atoms with E-state index in [0.717, 1.165) is 29.9 Å². The van der Waals surface area contributed by atoms with Gasteiger partial charge >= 0.3 is 0 Å². The average Bonchev–Trinajstić information content (AvgIpc) is 2.65. The highest BCUT2D eigenvalue weighted by molar-refractivity contribution is 6.30. The van der Waals surface area contributed by atoms with Gasteiger partial charge in [0.05, 0.1) is 0 Å². The summed E-state index contributed by atoms with van der Waals surface area (Å²) in [6, 6.07) is 10.2. The summed E-state index contributed by atoms with van der Waals surface area (Å²) in [6.07, 6.45) is 8.53. The molecule has 1 aliphatic carbocycles. The van der Waals surface area contributed by atoms with E-state index in [2.05, 4.69) is 6.92 Å². The minimum absolute atomic E-state index is 0.146. The summed E-state index contributed by atoms with van der Waals surface area (Å²) < 4.78 is 29.2. The maximum Gasteiger partial charge on any atom is 0.129 e. The Balaban J connectivity index is 1.68. The van der Waals surface area contributed by atoms with Crippen molar-refractivity contribution in [3.8, 4) is 0 Å². The molecule has 140 valence electrons. The maximum atomic E-state index is 14.6. The molecule has 2 aromatic carbocycles. The van der Waals surface area contributed by atoms with Crippen molar-refractivity contribution in [1.29, 1.82) is 0 Å². The van der Waals surface area contributed by atoms with Gasteiger partial charge in [0.25, 0.3) is 0 Å². The Morgan fingerprint density at radius 3 is 2.15 bits per heavy atom. The Morgan fingerprint density at radius 1 is 0.962 bits per heavy atom. The Hall–Kier alpha value is -1.41. The van der Waals surface area contributed by atoms with Crippen LogP contribution in [0.3, 0.4) is 0 Å². The summed E-state index contributed by atoms with van der Waals surface area (Å²) >= 11 is 5.87. The molecule has 3 heteroatoms. The van der Waals surface area contributed by atoms with Crippen LogP contribution in [0.25, 0.3) is 0 Å². The molecule has 0 spiro atoms. The van der Waals surface area contributed by atoms with E-state index in [-0.39, 0.29) is 12.0 Å². The zero-order valence-corrected chi connectivity index (χ0v) is 16.2. The van der Waals surface area contributed by atoms with Gasteiger partial charge in [0.1, 0.15) is 11.6 Å². The molecule has 2 aromatic rings. The molecule has 0 aliphatic heterocycles. The largest absolute Gasteiger partial charge is 0.207 e. The standard InChI is InChI=1S/C23H27ClF2/c1-2-3-4-16-5-9-18(10-6-16)19-14-22(25)21(23(26)15-19)13-17-7-11-20(24)12-8-17/h7-8,11-12,14-16,18H,2-6,9-10,13H2,1H3. The Kier molecular flexibility index (Phi) is 6.69. The van der Waals surface area contributed by atoms with Crippen molar-refractivity contribution in [2.75, 3.05) is 0 Å². The van der Waals surface area contributed by atoms with E-state index in [1.807, 2.05) is 12.1 Å². The Bertz CT molecular complexity index is 692. The lowest BCUT2D eigenvalue weighted by molar-refractivity contribution is 0.303. The molecule has 1 saturated carbocycles. The van der Waals surface area contributed by atoms with Crippen molar-refractivity contribution in [3.63, 3.8) is 0 Å². The highest BCUT2D eigenvalue weighted by Gasteiger charge is 2.24. The van der Waals surface area contributed by atoms with Crippen molar-refractivity contribution >= 4 is 11.6 Å². The molecule has 0 aromatic heterocycles. The molecular weight excluding hydrogens is 350 g/mol. The molecule has 0 heterocycles. The molecule has 0 nitrogen and oxygen atoms in total. The van der Waals surface area contributed by atoms with Crippen molar-refractivity contribution in [2.24, 2.45) is 5.92 Å². The first-order valence-corrected chi connectivity index (χ1v) is 10.2. The van der Waals surface area contributed by atoms with E-state index >= 15 is 0 Å². The highest BCUT2D eigenvalue weighted by Crippen LogP contribution is 2.38. The fraction of sp³-hybridized carbons (Fsp3) is 0.478. The van der Waals surface area contributed by atoms with E-state index < -0.39 is 11.6 Å². The van der Waals surface area contributed by atoms with Gasteiger partial charge in [-0.3, -0.25) is 0 Å². The molecule has 0 atom stereocenters. The molecule has 0 amide bonds. The van der Waals surface area contributed by atoms with Crippen LogP contribution in [0.5, 0.6) is 0 Å². The van der Waals surface area contributed by atoms with E-state index in [9.17, 15) is 8.78 Å². The molecule has 0 N–H and O–H groups in total. The van der Waals surface area contributed by atoms with E-state index in [1.54, 1.807) is 24.3 Å². The number of benzene rings is 2. The Labute approximate surface area is 160 Å². The first-order chi connectivity index (χ1) is 12.6. The number of hydrogen-bond acceptors (Lipinski definition) is 0. The number of unbranched alkanes of at least 4 members (excludes halogenated alkanes) is 1. The van der Waals surface area contributed by atoms with Gasteiger partial charge in [0, 0.05) is 17.0 Å². The van der Waals surface area contributed by atoms with E-state index in [1.165, 1.54) is 32.1 Å². The zero-order valence-electron chi connectivity index (χ0n) is 15.4. The third kappa shape index (κ3) is 4.85. The molecule has 0 saturated heterocycles. The van der Waals surface area contributed by atoms with Gasteiger partial charge in [0.2, 0.25) is 0 Å². The van der Waals surface area contributed by atoms with E-state index in [4.69, 9.17) is 11.6 Å². The molecule has 0 bridgehead atoms. The van der Waals surface area contributed by atoms with Gasteiger partial charge in [-0.15, -0.1) is 0 Å². The van der Waals surface area contributed by atoms with Crippen molar-refractivity contribution in [3.05, 3.63) is 69.7 Å². The predicted molar refractivity (Wildman–Crippen MR) is 105 cm³/mol. The highest BCUT2D eigenvalue weighted by atomic mass is 35.5. The number of rotatable bonds is 6. The lowest BCUT2D eigenvalue weighted by Crippen LogP contribution is -2.14. The van der Waals surface area contributed by atoms with Crippen molar-refractivity contribution in [2.45, 2.75) is 64.2 Å². The van der Waals surface area contributed by atoms with Crippen LogP contribution >= 0.6 is 11.6 Å². The first-order valence-electron chi connectivity index (χ1n) is 9.79. The van der Waals surface area contributed by atoms with Crippen LogP contribution in [0.15, 0.2) is 36.4 Å². The van der Waals surface area contributed by atoms with Crippen LogP contribution < -0.4 is 0 Å². The van der Waals surface area contributed by atoms with Crippen LogP contribution in [-0.4, -0.2) is 0 Å². The second-order valence-corrected chi connectivity index (χ2v) is 8.06. The molecule has 1 fully saturated rings. The van der Waals surface area contributed by atoms with Crippen molar-refractivity contribution < 1.29 is 8.78 Å². The predicted octanol–water partition coefficient (Wildman–Crippen LogP) is 7.67. The SMILES string of the molecule is CCCCC1CCC(c2cc(F)c(Cc3ccc(Cl)cc3)c(F)c2)CC1. The van der Waals surface area contributed by atoms with Gasteiger partial charge in [-0.1, -0.05) is 49.9 Å². The molecule has 0 radical (unpaired) electrons. The van der Waals surface area contributed by atoms with Gasteiger partial charge in [-0.25, -0.2) is 8.78 Å². The third-order valence-electron chi connectivity index (χ3n) is 5.74. The topological polar surface area (TPSA) is 0 Å². The monoisotopic (exact) mass is 376 g/mol. The lowest BCUT2D eigenvalue weighted by atomic mass is 9.77. The fourth-order valence-corrected chi connectivity index (χ4v) is 4.24. The quantitative estimate of drug-likeness (QED) is 0.485. The molecular formula is C23H27ClF2. The molecule has 1 aliphatic rings. The molecule has 0 unspecified atom stereocenters. The lowest BCUT2D eigenvalue weighted by Gasteiger charge is -2.29.